The van der Waals surface area contributed by atoms with Gasteiger partial charge < -0.3 is 5.32 Å². The van der Waals surface area contributed by atoms with Crippen LogP contribution in [0.1, 0.15) is 44.2 Å². The van der Waals surface area contributed by atoms with Crippen molar-refractivity contribution in [1.82, 2.24) is 15.2 Å². The number of rotatable bonds is 5. The van der Waals surface area contributed by atoms with Gasteiger partial charge in [0.05, 0.1) is 0 Å². The van der Waals surface area contributed by atoms with Crippen molar-refractivity contribution in [1.29, 1.82) is 0 Å². The number of aryl methyl sites for hydroxylation is 1. The first kappa shape index (κ1) is 14.5. The van der Waals surface area contributed by atoms with E-state index in [-0.39, 0.29) is 0 Å². The molecule has 1 N–H and O–H groups in total. The third-order valence-corrected chi connectivity index (χ3v) is 4.21. The average Bonchev–Trinajstić information content (AvgIpc) is 2.41. The molecule has 0 radical (unpaired) electrons. The van der Waals surface area contributed by atoms with Crippen LogP contribution in [0.3, 0.4) is 0 Å². The molecule has 3 heteroatoms. The van der Waals surface area contributed by atoms with Crippen LogP contribution in [0.4, 0.5) is 0 Å². The molecule has 106 valence electrons. The summed E-state index contributed by atoms with van der Waals surface area (Å²) in [4.78, 5) is 6.78. The van der Waals surface area contributed by atoms with Crippen molar-refractivity contribution in [3.8, 4) is 0 Å². The van der Waals surface area contributed by atoms with Crippen LogP contribution in [-0.2, 0) is 6.54 Å². The fourth-order valence-corrected chi connectivity index (χ4v) is 2.89. The summed E-state index contributed by atoms with van der Waals surface area (Å²) >= 11 is 0. The first-order valence-corrected chi connectivity index (χ1v) is 7.57. The summed E-state index contributed by atoms with van der Waals surface area (Å²) in [6.45, 7) is 10.2. The predicted octanol–water partition coefficient (Wildman–Crippen LogP) is 2.74. The van der Waals surface area contributed by atoms with E-state index < -0.39 is 0 Å². The fraction of sp³-hybridized carbons (Fsp3) is 0.688. The van der Waals surface area contributed by atoms with Crippen LogP contribution >= 0.6 is 0 Å². The molecule has 2 atom stereocenters. The topological polar surface area (TPSA) is 28.2 Å². The Labute approximate surface area is 117 Å². The Morgan fingerprint density at radius 1 is 1.47 bits per heavy atom. The molecule has 2 unspecified atom stereocenters. The van der Waals surface area contributed by atoms with Crippen molar-refractivity contribution in [2.45, 2.75) is 58.7 Å². The van der Waals surface area contributed by atoms with E-state index in [0.717, 1.165) is 13.1 Å². The number of likely N-dealkylation sites (tertiary alicyclic amines) is 1. The zero-order valence-corrected chi connectivity index (χ0v) is 12.5. The monoisotopic (exact) mass is 261 g/mol. The van der Waals surface area contributed by atoms with E-state index in [9.17, 15) is 0 Å². The van der Waals surface area contributed by atoms with Gasteiger partial charge in [0.25, 0.3) is 0 Å². The lowest BCUT2D eigenvalue weighted by Gasteiger charge is -2.38. The summed E-state index contributed by atoms with van der Waals surface area (Å²) in [5, 5.41) is 3.66. The van der Waals surface area contributed by atoms with Crippen LogP contribution in [0.15, 0.2) is 18.5 Å². The number of aromatic nitrogens is 1. The minimum atomic E-state index is 0.663. The molecule has 0 bridgehead atoms. The van der Waals surface area contributed by atoms with E-state index >= 15 is 0 Å². The second kappa shape index (κ2) is 7.01. The third-order valence-electron chi connectivity index (χ3n) is 4.21. The summed E-state index contributed by atoms with van der Waals surface area (Å²) in [5.74, 6) is 0. The number of hydrogen-bond donors (Lipinski definition) is 1. The smallest absolute Gasteiger partial charge is 0.0300 e. The Morgan fingerprint density at radius 3 is 3.00 bits per heavy atom. The van der Waals surface area contributed by atoms with E-state index in [1.165, 1.54) is 36.9 Å². The molecule has 1 aliphatic rings. The normalized spacial score (nSPS) is 24.6. The van der Waals surface area contributed by atoms with Gasteiger partial charge in [-0.05, 0) is 56.8 Å². The highest BCUT2D eigenvalue weighted by molar-refractivity contribution is 5.21. The highest BCUT2D eigenvalue weighted by Crippen LogP contribution is 2.20. The quantitative estimate of drug-likeness (QED) is 0.883. The van der Waals surface area contributed by atoms with Crippen molar-refractivity contribution >= 4 is 0 Å². The summed E-state index contributed by atoms with van der Waals surface area (Å²) in [5.41, 5.74) is 2.72. The maximum Gasteiger partial charge on any atom is 0.0300 e. The van der Waals surface area contributed by atoms with Gasteiger partial charge in [0, 0.05) is 37.6 Å². The molecule has 0 aliphatic carbocycles. The maximum absolute atomic E-state index is 4.17. The number of hydrogen-bond acceptors (Lipinski definition) is 3. The van der Waals surface area contributed by atoms with Crippen LogP contribution in [0.25, 0.3) is 0 Å². The van der Waals surface area contributed by atoms with Crippen LogP contribution in [0.2, 0.25) is 0 Å². The SMILES string of the molecule is CCCNC1CCN(Cc2ccncc2C)C(C)C1. The van der Waals surface area contributed by atoms with Gasteiger partial charge in [-0.3, -0.25) is 9.88 Å². The van der Waals surface area contributed by atoms with Crippen molar-refractivity contribution in [2.24, 2.45) is 0 Å². The largest absolute Gasteiger partial charge is 0.314 e. The number of piperidine rings is 1. The molecule has 19 heavy (non-hydrogen) atoms. The van der Waals surface area contributed by atoms with E-state index in [1.807, 2.05) is 12.4 Å². The Bertz CT molecular complexity index is 391. The Kier molecular flexibility index (Phi) is 5.34. The first-order valence-electron chi connectivity index (χ1n) is 7.57. The third kappa shape index (κ3) is 4.02. The Hall–Kier alpha value is -0.930. The maximum atomic E-state index is 4.17. The Balaban J connectivity index is 1.88. The van der Waals surface area contributed by atoms with Crippen LogP contribution in [0, 0.1) is 6.92 Å². The first-order chi connectivity index (χ1) is 9.20. The summed E-state index contributed by atoms with van der Waals surface area (Å²) in [7, 11) is 0. The second-order valence-corrected chi connectivity index (χ2v) is 5.80. The molecule has 0 amide bonds. The van der Waals surface area contributed by atoms with Gasteiger partial charge in [-0.1, -0.05) is 6.92 Å². The summed E-state index contributed by atoms with van der Waals surface area (Å²) < 4.78 is 0. The van der Waals surface area contributed by atoms with Gasteiger partial charge in [0.2, 0.25) is 0 Å². The van der Waals surface area contributed by atoms with Crippen LogP contribution in [-0.4, -0.2) is 35.1 Å². The molecule has 1 aromatic heterocycles. The lowest BCUT2D eigenvalue weighted by Crippen LogP contribution is -2.47. The second-order valence-electron chi connectivity index (χ2n) is 5.80. The summed E-state index contributed by atoms with van der Waals surface area (Å²) in [6, 6.07) is 3.53. The van der Waals surface area contributed by atoms with Crippen molar-refractivity contribution in [3.63, 3.8) is 0 Å². The number of nitrogens with zero attached hydrogens (tertiary/aromatic N) is 2. The molecule has 2 rings (SSSR count). The molecule has 3 nitrogen and oxygen atoms in total. The van der Waals surface area contributed by atoms with Crippen molar-refractivity contribution in [2.75, 3.05) is 13.1 Å². The van der Waals surface area contributed by atoms with Gasteiger partial charge >= 0.3 is 0 Å². The standard InChI is InChI=1S/C16H27N3/c1-4-7-18-16-6-9-19(14(3)10-16)12-15-5-8-17-11-13(15)2/h5,8,11,14,16,18H,4,6-7,9-10,12H2,1-3H3. The number of pyridine rings is 1. The van der Waals surface area contributed by atoms with Gasteiger partial charge in [-0.15, -0.1) is 0 Å². The molecule has 0 aromatic carbocycles. The lowest BCUT2D eigenvalue weighted by molar-refractivity contribution is 0.128. The molecule has 1 fully saturated rings. The van der Waals surface area contributed by atoms with E-state index in [2.05, 4.69) is 42.0 Å². The highest BCUT2D eigenvalue weighted by atomic mass is 15.2. The fourth-order valence-electron chi connectivity index (χ4n) is 2.89. The molecule has 1 aromatic rings. The van der Waals surface area contributed by atoms with Gasteiger partial charge in [0.15, 0.2) is 0 Å². The minimum absolute atomic E-state index is 0.663. The van der Waals surface area contributed by atoms with Crippen LogP contribution < -0.4 is 5.32 Å². The molecule has 0 spiro atoms. The lowest BCUT2D eigenvalue weighted by atomic mass is 9.97. The van der Waals surface area contributed by atoms with E-state index in [0.29, 0.717) is 12.1 Å². The van der Waals surface area contributed by atoms with Gasteiger partial charge in [-0.2, -0.15) is 0 Å². The van der Waals surface area contributed by atoms with E-state index in [1.54, 1.807) is 0 Å². The molecule has 0 saturated carbocycles. The minimum Gasteiger partial charge on any atom is -0.314 e. The molecular weight excluding hydrogens is 234 g/mol. The average molecular weight is 261 g/mol. The van der Waals surface area contributed by atoms with Gasteiger partial charge in [0.1, 0.15) is 0 Å². The molecule has 2 heterocycles. The van der Waals surface area contributed by atoms with Gasteiger partial charge in [-0.25, -0.2) is 0 Å². The zero-order chi connectivity index (χ0) is 13.7. The molecule has 1 saturated heterocycles. The highest BCUT2D eigenvalue weighted by Gasteiger charge is 2.25. The zero-order valence-electron chi connectivity index (χ0n) is 12.5. The summed E-state index contributed by atoms with van der Waals surface area (Å²) in [6.07, 6.45) is 7.64. The Morgan fingerprint density at radius 2 is 2.32 bits per heavy atom. The molecular formula is C16H27N3. The van der Waals surface area contributed by atoms with Crippen LogP contribution in [0.5, 0.6) is 0 Å². The van der Waals surface area contributed by atoms with Crippen molar-refractivity contribution in [3.05, 3.63) is 29.6 Å². The van der Waals surface area contributed by atoms with E-state index in [4.69, 9.17) is 0 Å². The van der Waals surface area contributed by atoms with Crippen molar-refractivity contribution < 1.29 is 0 Å². The number of nitrogens with one attached hydrogen (secondary N) is 1. The predicted molar refractivity (Wildman–Crippen MR) is 80.2 cm³/mol. The molecule has 1 aliphatic heterocycles.